The first-order valence-electron chi connectivity index (χ1n) is 6.18. The summed E-state index contributed by atoms with van der Waals surface area (Å²) < 4.78 is 57.6. The molecule has 1 aromatic heterocycles. The van der Waals surface area contributed by atoms with Gasteiger partial charge in [-0.2, -0.15) is 27.7 Å². The van der Waals surface area contributed by atoms with Crippen LogP contribution in [0.4, 0.5) is 23.2 Å². The van der Waals surface area contributed by atoms with Crippen molar-refractivity contribution in [1.82, 2.24) is 4.98 Å². The van der Waals surface area contributed by atoms with Crippen LogP contribution in [0.25, 0.3) is 0 Å². The summed E-state index contributed by atoms with van der Waals surface area (Å²) in [6.45, 7) is 1.61. The second-order valence-corrected chi connectivity index (χ2v) is 4.33. The summed E-state index contributed by atoms with van der Waals surface area (Å²) >= 11 is 0. The maximum Gasteiger partial charge on any atom is 0.254 e. The molecule has 1 atom stereocenters. The van der Waals surface area contributed by atoms with E-state index in [0.29, 0.717) is 11.3 Å². The minimum Gasteiger partial charge on any atom is -0.497 e. The molecule has 1 unspecified atom stereocenters. The van der Waals surface area contributed by atoms with Gasteiger partial charge in [-0.25, -0.2) is 0 Å². The Morgan fingerprint density at radius 3 is 2.05 bits per heavy atom. The molecular weight excluding hydrogens is 302 g/mol. The molecule has 0 bridgehead atoms. The van der Waals surface area contributed by atoms with Gasteiger partial charge in [0.25, 0.3) is 11.9 Å². The van der Waals surface area contributed by atoms with Crippen LogP contribution in [-0.2, 0) is 0 Å². The average Bonchev–Trinajstić information content (AvgIpc) is 2.53. The fraction of sp³-hybridized carbons (Fsp3) is 0.214. The lowest BCUT2D eigenvalue weighted by Gasteiger charge is -2.07. The summed E-state index contributed by atoms with van der Waals surface area (Å²) in [6, 6.07) is 6.14. The number of halogens is 4. The molecule has 8 heteroatoms. The zero-order valence-electron chi connectivity index (χ0n) is 11.6. The maximum absolute atomic E-state index is 13.4. The highest BCUT2D eigenvalue weighted by molar-refractivity contribution is 5.38. The van der Waals surface area contributed by atoms with Crippen LogP contribution < -0.4 is 4.74 Å². The van der Waals surface area contributed by atoms with Crippen LogP contribution >= 0.6 is 0 Å². The molecule has 0 aliphatic heterocycles. The number of methoxy groups -OCH3 is 1. The van der Waals surface area contributed by atoms with E-state index in [1.54, 1.807) is 31.2 Å². The summed E-state index contributed by atoms with van der Waals surface area (Å²) in [5, 5.41) is 6.94. The SMILES string of the molecule is COc1ccc(C(C)N=Nc2c(F)c(F)nc(F)c2F)cc1. The molecule has 0 aliphatic carbocycles. The first kappa shape index (κ1) is 15.9. The fourth-order valence-corrected chi connectivity index (χ4v) is 1.66. The molecule has 22 heavy (non-hydrogen) atoms. The van der Waals surface area contributed by atoms with E-state index >= 15 is 0 Å². The molecule has 2 rings (SSSR count). The lowest BCUT2D eigenvalue weighted by Crippen LogP contribution is -1.99. The Balaban J connectivity index is 2.27. The number of hydrogen-bond acceptors (Lipinski definition) is 4. The van der Waals surface area contributed by atoms with E-state index in [1.165, 1.54) is 7.11 Å². The van der Waals surface area contributed by atoms with E-state index < -0.39 is 35.3 Å². The number of hydrogen-bond donors (Lipinski definition) is 0. The minimum atomic E-state index is -1.77. The van der Waals surface area contributed by atoms with Crippen molar-refractivity contribution in [3.05, 3.63) is 53.4 Å². The lowest BCUT2D eigenvalue weighted by molar-refractivity contribution is 0.408. The molecule has 1 heterocycles. The van der Waals surface area contributed by atoms with Gasteiger partial charge in [-0.3, -0.25) is 0 Å². The van der Waals surface area contributed by atoms with Crippen LogP contribution in [0, 0.1) is 23.5 Å². The molecule has 0 spiro atoms. The van der Waals surface area contributed by atoms with Crippen molar-refractivity contribution in [3.63, 3.8) is 0 Å². The molecule has 2 aromatic rings. The quantitative estimate of drug-likeness (QED) is 0.474. The fourth-order valence-electron chi connectivity index (χ4n) is 1.66. The standard InChI is InChI=1S/C14H11F4N3O/c1-7(8-3-5-9(22-2)6-4-8)20-21-12-10(15)13(17)19-14(18)11(12)16/h3-7H,1-2H3. The lowest BCUT2D eigenvalue weighted by atomic mass is 10.1. The van der Waals surface area contributed by atoms with Gasteiger partial charge in [0.15, 0.2) is 5.69 Å². The van der Waals surface area contributed by atoms with Crippen LogP contribution in [0.1, 0.15) is 18.5 Å². The smallest absolute Gasteiger partial charge is 0.254 e. The normalized spacial score (nSPS) is 12.6. The van der Waals surface area contributed by atoms with Crippen LogP contribution in [0.5, 0.6) is 5.75 Å². The number of benzene rings is 1. The topological polar surface area (TPSA) is 46.8 Å². The zero-order chi connectivity index (χ0) is 16.3. The molecule has 0 saturated heterocycles. The van der Waals surface area contributed by atoms with Crippen LogP contribution in [0.15, 0.2) is 34.5 Å². The number of aromatic nitrogens is 1. The number of azo groups is 1. The van der Waals surface area contributed by atoms with E-state index in [2.05, 4.69) is 15.2 Å². The Morgan fingerprint density at radius 1 is 1.00 bits per heavy atom. The molecule has 0 N–H and O–H groups in total. The Labute approximate surface area is 123 Å². The van der Waals surface area contributed by atoms with E-state index in [1.807, 2.05) is 0 Å². The number of ether oxygens (including phenoxy) is 1. The molecule has 116 valence electrons. The van der Waals surface area contributed by atoms with Gasteiger partial charge in [-0.1, -0.05) is 12.1 Å². The molecule has 0 amide bonds. The van der Waals surface area contributed by atoms with Crippen LogP contribution in [0.2, 0.25) is 0 Å². The number of pyridine rings is 1. The third-order valence-electron chi connectivity index (χ3n) is 2.90. The second kappa shape index (κ2) is 6.50. The highest BCUT2D eigenvalue weighted by atomic mass is 19.2. The monoisotopic (exact) mass is 313 g/mol. The predicted molar refractivity (Wildman–Crippen MR) is 70.0 cm³/mol. The van der Waals surface area contributed by atoms with Gasteiger partial charge < -0.3 is 4.74 Å². The maximum atomic E-state index is 13.4. The van der Waals surface area contributed by atoms with Gasteiger partial charge >= 0.3 is 0 Å². The number of nitrogens with zero attached hydrogens (tertiary/aromatic N) is 3. The molecule has 4 nitrogen and oxygen atoms in total. The van der Waals surface area contributed by atoms with Crippen LogP contribution in [0.3, 0.4) is 0 Å². The van der Waals surface area contributed by atoms with Crippen LogP contribution in [-0.4, -0.2) is 12.1 Å². The summed E-state index contributed by atoms with van der Waals surface area (Å²) in [5.74, 6) is -6.30. The van der Waals surface area contributed by atoms with Crippen molar-refractivity contribution < 1.29 is 22.3 Å². The Hall–Kier alpha value is -2.51. The molecule has 1 aromatic carbocycles. The molecule has 0 aliphatic rings. The zero-order valence-corrected chi connectivity index (χ0v) is 11.6. The highest BCUT2D eigenvalue weighted by Crippen LogP contribution is 2.28. The van der Waals surface area contributed by atoms with Crippen molar-refractivity contribution in [2.45, 2.75) is 13.0 Å². The van der Waals surface area contributed by atoms with Crippen molar-refractivity contribution >= 4 is 5.69 Å². The Kier molecular flexibility index (Phi) is 4.69. The molecule has 0 fully saturated rings. The first-order chi connectivity index (χ1) is 10.4. The van der Waals surface area contributed by atoms with Gasteiger partial charge in [0, 0.05) is 0 Å². The van der Waals surface area contributed by atoms with E-state index in [0.717, 1.165) is 0 Å². The highest BCUT2D eigenvalue weighted by Gasteiger charge is 2.20. The third-order valence-corrected chi connectivity index (χ3v) is 2.90. The first-order valence-corrected chi connectivity index (χ1v) is 6.18. The van der Waals surface area contributed by atoms with E-state index in [4.69, 9.17) is 4.74 Å². The molecule has 0 radical (unpaired) electrons. The number of rotatable bonds is 4. The van der Waals surface area contributed by atoms with Gasteiger partial charge in [0.1, 0.15) is 5.75 Å². The van der Waals surface area contributed by atoms with Crippen molar-refractivity contribution in [2.75, 3.05) is 7.11 Å². The van der Waals surface area contributed by atoms with Gasteiger partial charge in [-0.05, 0) is 24.6 Å². The second-order valence-electron chi connectivity index (χ2n) is 4.33. The molecule has 0 saturated carbocycles. The summed E-state index contributed by atoms with van der Waals surface area (Å²) in [5.41, 5.74) is -0.467. The largest absolute Gasteiger partial charge is 0.497 e. The van der Waals surface area contributed by atoms with Crippen molar-refractivity contribution in [1.29, 1.82) is 0 Å². The van der Waals surface area contributed by atoms with Gasteiger partial charge in [0.05, 0.1) is 13.2 Å². The van der Waals surface area contributed by atoms with E-state index in [9.17, 15) is 17.6 Å². The average molecular weight is 313 g/mol. The van der Waals surface area contributed by atoms with Gasteiger partial charge in [0.2, 0.25) is 11.6 Å². The summed E-state index contributed by atoms with van der Waals surface area (Å²) in [7, 11) is 1.51. The van der Waals surface area contributed by atoms with E-state index in [-0.39, 0.29) is 0 Å². The molecular formula is C14H11F4N3O. The van der Waals surface area contributed by atoms with Crippen molar-refractivity contribution in [2.24, 2.45) is 10.2 Å². The predicted octanol–water partition coefficient (Wildman–Crippen LogP) is 4.49. The third kappa shape index (κ3) is 3.21. The van der Waals surface area contributed by atoms with Gasteiger partial charge in [-0.15, -0.1) is 5.11 Å². The summed E-state index contributed by atoms with van der Waals surface area (Å²) in [6.07, 6.45) is 0. The van der Waals surface area contributed by atoms with Crippen molar-refractivity contribution in [3.8, 4) is 5.75 Å². The minimum absolute atomic E-state index is 0.580. The Bertz CT molecular complexity index is 678. The Morgan fingerprint density at radius 2 is 1.55 bits per heavy atom. The summed E-state index contributed by atoms with van der Waals surface area (Å²) in [4.78, 5) is 2.44.